The van der Waals surface area contributed by atoms with E-state index in [4.69, 9.17) is 0 Å². The lowest BCUT2D eigenvalue weighted by atomic mass is 10.1. The summed E-state index contributed by atoms with van der Waals surface area (Å²) >= 11 is 0. The number of benzene rings is 1. The van der Waals surface area contributed by atoms with Crippen molar-refractivity contribution < 1.29 is 4.79 Å². The number of carbonyl (C=O) groups excluding carboxylic acids is 1. The topological polar surface area (TPSA) is 38.8 Å². The molecule has 3 rings (SSSR count). The largest absolute Gasteiger partial charge is 0.333 e. The van der Waals surface area contributed by atoms with Gasteiger partial charge in [-0.05, 0) is 31.7 Å². The summed E-state index contributed by atoms with van der Waals surface area (Å²) in [7, 11) is 2.17. The first-order valence-electron chi connectivity index (χ1n) is 8.65. The van der Waals surface area contributed by atoms with Crippen molar-refractivity contribution in [2.24, 2.45) is 0 Å². The van der Waals surface area contributed by atoms with E-state index in [9.17, 15) is 4.79 Å². The molecule has 2 fully saturated rings. The minimum atomic E-state index is 0. The van der Waals surface area contributed by atoms with Crippen LogP contribution < -0.4 is 5.32 Å². The van der Waals surface area contributed by atoms with Crippen LogP contribution in [0.25, 0.3) is 0 Å². The summed E-state index contributed by atoms with van der Waals surface area (Å²) in [4.78, 5) is 19.6. The Balaban J connectivity index is 0.00000156. The number of halogens is 2. The first-order valence-corrected chi connectivity index (χ1v) is 8.65. The van der Waals surface area contributed by atoms with Crippen LogP contribution in [0.3, 0.4) is 0 Å². The van der Waals surface area contributed by atoms with Gasteiger partial charge in [-0.25, -0.2) is 0 Å². The van der Waals surface area contributed by atoms with Crippen molar-refractivity contribution in [2.75, 3.05) is 52.9 Å². The molecule has 5 nitrogen and oxygen atoms in total. The highest BCUT2D eigenvalue weighted by Gasteiger charge is 2.24. The molecule has 0 bridgehead atoms. The van der Waals surface area contributed by atoms with Gasteiger partial charge in [0.2, 0.25) is 0 Å². The normalized spacial score (nSPS) is 22.0. The monoisotopic (exact) mass is 388 g/mol. The summed E-state index contributed by atoms with van der Waals surface area (Å²) in [5.74, 6) is 0.166. The van der Waals surface area contributed by atoms with Crippen LogP contribution >= 0.6 is 24.8 Å². The van der Waals surface area contributed by atoms with Crippen molar-refractivity contribution in [1.82, 2.24) is 20.0 Å². The molecule has 0 radical (unpaired) electrons. The zero-order chi connectivity index (χ0) is 16.2. The Morgan fingerprint density at radius 3 is 2.56 bits per heavy atom. The van der Waals surface area contributed by atoms with Crippen molar-refractivity contribution in [1.29, 1.82) is 0 Å². The van der Waals surface area contributed by atoms with Crippen LogP contribution in [0.2, 0.25) is 0 Å². The number of nitrogens with zero attached hydrogens (tertiary/aromatic N) is 3. The average molecular weight is 389 g/mol. The summed E-state index contributed by atoms with van der Waals surface area (Å²) in [5.41, 5.74) is 2.06. The van der Waals surface area contributed by atoms with Gasteiger partial charge in [0, 0.05) is 64.0 Å². The van der Waals surface area contributed by atoms with E-state index >= 15 is 0 Å². The maximum atomic E-state index is 12.8. The number of hydrogen-bond donors (Lipinski definition) is 1. The standard InChI is InChI=1S/C18H28N4O.2ClH/c1-15-13-19-6-7-22(15)18(23)17-5-3-4-16(12-17)14-21-10-8-20(2)9-11-21;;/h3-5,12,15,19H,6-11,13-14H2,1-2H3;2*1H/t15-;;/m0../s1. The zero-order valence-corrected chi connectivity index (χ0v) is 16.7. The molecule has 0 aliphatic carbocycles. The van der Waals surface area contributed by atoms with Crippen LogP contribution in [0.15, 0.2) is 24.3 Å². The highest BCUT2D eigenvalue weighted by molar-refractivity contribution is 5.94. The minimum absolute atomic E-state index is 0. The molecule has 1 amide bonds. The van der Waals surface area contributed by atoms with Crippen molar-refractivity contribution in [2.45, 2.75) is 19.5 Å². The second kappa shape index (κ2) is 10.3. The Bertz CT molecular complexity index is 550. The molecule has 1 atom stereocenters. The average Bonchev–Trinajstić information content (AvgIpc) is 2.57. The number of likely N-dealkylation sites (N-methyl/N-ethyl adjacent to an activating group) is 1. The van der Waals surface area contributed by atoms with Gasteiger partial charge in [-0.1, -0.05) is 12.1 Å². The molecule has 0 spiro atoms. The van der Waals surface area contributed by atoms with Crippen LogP contribution in [0.1, 0.15) is 22.8 Å². The fourth-order valence-corrected chi connectivity index (χ4v) is 3.38. The molecule has 2 saturated heterocycles. The maximum Gasteiger partial charge on any atom is 0.254 e. The van der Waals surface area contributed by atoms with Crippen LogP contribution in [-0.4, -0.2) is 79.5 Å². The Morgan fingerprint density at radius 1 is 1.16 bits per heavy atom. The van der Waals surface area contributed by atoms with Crippen LogP contribution in [0.5, 0.6) is 0 Å². The first-order chi connectivity index (χ1) is 11.1. The van der Waals surface area contributed by atoms with E-state index in [2.05, 4.69) is 41.2 Å². The van der Waals surface area contributed by atoms with Crippen molar-refractivity contribution >= 4 is 30.7 Å². The van der Waals surface area contributed by atoms with Gasteiger partial charge in [-0.15, -0.1) is 24.8 Å². The highest BCUT2D eigenvalue weighted by atomic mass is 35.5. The summed E-state index contributed by atoms with van der Waals surface area (Å²) in [5, 5.41) is 3.34. The summed E-state index contributed by atoms with van der Waals surface area (Å²) < 4.78 is 0. The van der Waals surface area contributed by atoms with Gasteiger partial charge in [0.1, 0.15) is 0 Å². The Labute approximate surface area is 163 Å². The first kappa shape index (κ1) is 22.2. The predicted octanol–water partition coefficient (Wildman–Crippen LogP) is 1.71. The molecular weight excluding hydrogens is 359 g/mol. The number of rotatable bonds is 3. The predicted molar refractivity (Wildman–Crippen MR) is 107 cm³/mol. The van der Waals surface area contributed by atoms with E-state index in [0.29, 0.717) is 0 Å². The fraction of sp³-hybridized carbons (Fsp3) is 0.611. The van der Waals surface area contributed by atoms with E-state index in [1.54, 1.807) is 0 Å². The van der Waals surface area contributed by atoms with E-state index in [1.165, 1.54) is 5.56 Å². The number of nitrogens with one attached hydrogen (secondary N) is 1. The lowest BCUT2D eigenvalue weighted by molar-refractivity contribution is 0.0655. The molecule has 1 aromatic rings. The molecule has 0 unspecified atom stereocenters. The summed E-state index contributed by atoms with van der Waals surface area (Å²) in [6, 6.07) is 8.44. The molecule has 1 N–H and O–H groups in total. The minimum Gasteiger partial charge on any atom is -0.333 e. The number of amides is 1. The van der Waals surface area contributed by atoms with Gasteiger partial charge in [0.05, 0.1) is 0 Å². The summed E-state index contributed by atoms with van der Waals surface area (Å²) in [6.45, 7) is 10.1. The molecule has 7 heteroatoms. The molecule has 2 heterocycles. The molecular formula is C18H30Cl2N4O. The number of piperazine rings is 2. The number of hydrogen-bond acceptors (Lipinski definition) is 4. The molecule has 0 saturated carbocycles. The van der Waals surface area contributed by atoms with Gasteiger partial charge in [0.25, 0.3) is 5.91 Å². The van der Waals surface area contributed by atoms with E-state index in [0.717, 1.165) is 57.9 Å². The van der Waals surface area contributed by atoms with Gasteiger partial charge in [-0.2, -0.15) is 0 Å². The van der Waals surface area contributed by atoms with Crippen LogP contribution in [0.4, 0.5) is 0 Å². The number of carbonyl (C=O) groups is 1. The molecule has 2 aliphatic rings. The van der Waals surface area contributed by atoms with Gasteiger partial charge in [-0.3, -0.25) is 9.69 Å². The van der Waals surface area contributed by atoms with Gasteiger partial charge in [0.15, 0.2) is 0 Å². The molecule has 1 aromatic carbocycles. The highest BCUT2D eigenvalue weighted by Crippen LogP contribution is 2.14. The van der Waals surface area contributed by atoms with E-state index in [1.807, 2.05) is 17.0 Å². The lowest BCUT2D eigenvalue weighted by Gasteiger charge is -2.34. The quantitative estimate of drug-likeness (QED) is 0.855. The Morgan fingerprint density at radius 2 is 1.88 bits per heavy atom. The van der Waals surface area contributed by atoms with Crippen molar-refractivity contribution in [3.63, 3.8) is 0 Å². The van der Waals surface area contributed by atoms with Crippen LogP contribution in [-0.2, 0) is 6.54 Å². The second-order valence-corrected chi connectivity index (χ2v) is 6.83. The lowest BCUT2D eigenvalue weighted by Crippen LogP contribution is -2.52. The second-order valence-electron chi connectivity index (χ2n) is 6.83. The summed E-state index contributed by atoms with van der Waals surface area (Å²) in [6.07, 6.45) is 0. The van der Waals surface area contributed by atoms with Crippen molar-refractivity contribution in [3.8, 4) is 0 Å². The van der Waals surface area contributed by atoms with Crippen molar-refractivity contribution in [3.05, 3.63) is 35.4 Å². The Hall–Kier alpha value is -0.850. The van der Waals surface area contributed by atoms with Gasteiger partial charge < -0.3 is 15.1 Å². The fourth-order valence-electron chi connectivity index (χ4n) is 3.38. The van der Waals surface area contributed by atoms with E-state index < -0.39 is 0 Å². The molecule has 142 valence electrons. The van der Waals surface area contributed by atoms with Gasteiger partial charge >= 0.3 is 0 Å². The molecule has 2 aliphatic heterocycles. The third-order valence-corrected chi connectivity index (χ3v) is 4.94. The Kier molecular flexibility index (Phi) is 9.17. The maximum absolute atomic E-state index is 12.8. The van der Waals surface area contributed by atoms with E-state index in [-0.39, 0.29) is 36.8 Å². The molecule has 0 aromatic heterocycles. The third kappa shape index (κ3) is 5.83. The smallest absolute Gasteiger partial charge is 0.254 e. The molecule has 25 heavy (non-hydrogen) atoms. The van der Waals surface area contributed by atoms with Crippen LogP contribution in [0, 0.1) is 0 Å². The SMILES string of the molecule is C[C@H]1CNCCN1C(=O)c1cccc(CN2CCN(C)CC2)c1.Cl.Cl. The zero-order valence-electron chi connectivity index (χ0n) is 15.1. The third-order valence-electron chi connectivity index (χ3n) is 4.94.